The molecule has 1 N–H and O–H groups in total. The lowest BCUT2D eigenvalue weighted by atomic mass is 10.1. The Hall–Kier alpha value is -2.17. The quantitative estimate of drug-likeness (QED) is 0.443. The van der Waals surface area contributed by atoms with E-state index in [1.54, 1.807) is 7.11 Å². The molecule has 0 spiro atoms. The maximum atomic E-state index is 6.08. The van der Waals surface area contributed by atoms with Crippen molar-refractivity contribution in [1.82, 2.24) is 0 Å². The smallest absolute Gasteiger partial charge is 0.161 e. The first-order valence-corrected chi connectivity index (χ1v) is 9.76. The van der Waals surface area contributed by atoms with Crippen LogP contribution < -0.4 is 14.8 Å². The Balaban J connectivity index is 1.66. The van der Waals surface area contributed by atoms with Crippen LogP contribution in [0.1, 0.15) is 16.7 Å². The first-order chi connectivity index (χ1) is 13.0. The van der Waals surface area contributed by atoms with Gasteiger partial charge in [0.15, 0.2) is 11.5 Å². The second kappa shape index (κ2) is 9.16. The van der Waals surface area contributed by atoms with Crippen LogP contribution in [0.2, 0.25) is 5.02 Å². The number of nitrogens with one attached hydrogen (secondary N) is 1. The Labute approximate surface area is 173 Å². The number of methoxy groups -OCH3 is 1. The number of halogens is 2. The van der Waals surface area contributed by atoms with Crippen molar-refractivity contribution < 1.29 is 9.47 Å². The van der Waals surface area contributed by atoms with Crippen LogP contribution in [0.5, 0.6) is 11.5 Å². The van der Waals surface area contributed by atoms with Gasteiger partial charge >= 0.3 is 0 Å². The standard InChI is InChI=1S/C22H21BrClNO2/c1-15-3-9-19(24)12-20(15)25-13-17-6-10-21(22(11-17)26-2)27-14-16-4-7-18(23)8-5-16/h3-12,25H,13-14H2,1-2H3. The van der Waals surface area contributed by atoms with Crippen molar-refractivity contribution in [3.8, 4) is 11.5 Å². The van der Waals surface area contributed by atoms with E-state index in [1.807, 2.05) is 60.7 Å². The molecule has 0 saturated carbocycles. The van der Waals surface area contributed by atoms with Gasteiger partial charge in [0.2, 0.25) is 0 Å². The molecule has 0 aliphatic heterocycles. The molecule has 0 bridgehead atoms. The summed E-state index contributed by atoms with van der Waals surface area (Å²) in [6.45, 7) is 3.21. The Bertz CT molecular complexity index is 913. The zero-order valence-corrected chi connectivity index (χ0v) is 17.6. The maximum absolute atomic E-state index is 6.08. The largest absolute Gasteiger partial charge is 0.493 e. The van der Waals surface area contributed by atoms with Crippen LogP contribution in [0.4, 0.5) is 5.69 Å². The molecule has 140 valence electrons. The van der Waals surface area contributed by atoms with Gasteiger partial charge < -0.3 is 14.8 Å². The van der Waals surface area contributed by atoms with Crippen LogP contribution in [0.25, 0.3) is 0 Å². The predicted octanol–water partition coefficient (Wildman–Crippen LogP) is 6.61. The fourth-order valence-electron chi connectivity index (χ4n) is 2.66. The summed E-state index contributed by atoms with van der Waals surface area (Å²) in [4.78, 5) is 0. The van der Waals surface area contributed by atoms with Gasteiger partial charge in [-0.1, -0.05) is 51.8 Å². The monoisotopic (exact) mass is 445 g/mol. The highest BCUT2D eigenvalue weighted by atomic mass is 79.9. The molecule has 0 amide bonds. The molecule has 27 heavy (non-hydrogen) atoms. The number of aryl methyl sites for hydroxylation is 1. The van der Waals surface area contributed by atoms with Crippen LogP contribution >= 0.6 is 27.5 Å². The summed E-state index contributed by atoms with van der Waals surface area (Å²) >= 11 is 9.52. The third-order valence-electron chi connectivity index (χ3n) is 4.22. The number of rotatable bonds is 7. The summed E-state index contributed by atoms with van der Waals surface area (Å²) in [5.74, 6) is 1.44. The van der Waals surface area contributed by atoms with Gasteiger partial charge in [-0.2, -0.15) is 0 Å². The predicted molar refractivity (Wildman–Crippen MR) is 115 cm³/mol. The van der Waals surface area contributed by atoms with E-state index in [0.29, 0.717) is 18.9 Å². The molecule has 0 aromatic heterocycles. The van der Waals surface area contributed by atoms with Crippen molar-refractivity contribution in [2.45, 2.75) is 20.1 Å². The Kier molecular flexibility index (Phi) is 6.64. The second-order valence-electron chi connectivity index (χ2n) is 6.21. The molecule has 0 aliphatic carbocycles. The fourth-order valence-corrected chi connectivity index (χ4v) is 3.10. The van der Waals surface area contributed by atoms with Crippen molar-refractivity contribution in [1.29, 1.82) is 0 Å². The van der Waals surface area contributed by atoms with E-state index in [-0.39, 0.29) is 0 Å². The number of benzene rings is 3. The van der Waals surface area contributed by atoms with E-state index in [4.69, 9.17) is 21.1 Å². The summed E-state index contributed by atoms with van der Waals surface area (Å²) in [6, 6.07) is 19.9. The third kappa shape index (κ3) is 5.41. The fraction of sp³-hybridized carbons (Fsp3) is 0.182. The van der Waals surface area contributed by atoms with Crippen molar-refractivity contribution in [3.05, 3.63) is 86.8 Å². The van der Waals surface area contributed by atoms with E-state index in [2.05, 4.69) is 28.2 Å². The molecule has 0 atom stereocenters. The lowest BCUT2D eigenvalue weighted by molar-refractivity contribution is 0.284. The zero-order chi connectivity index (χ0) is 19.2. The van der Waals surface area contributed by atoms with Crippen LogP contribution in [0, 0.1) is 6.92 Å². The number of hydrogen-bond donors (Lipinski definition) is 1. The lowest BCUT2D eigenvalue weighted by Crippen LogP contribution is -2.03. The van der Waals surface area contributed by atoms with Crippen LogP contribution in [0.15, 0.2) is 65.1 Å². The molecule has 0 saturated heterocycles. The summed E-state index contributed by atoms with van der Waals surface area (Å²) in [7, 11) is 1.65. The Morgan fingerprint density at radius 2 is 1.67 bits per heavy atom. The molecule has 0 unspecified atom stereocenters. The number of ether oxygens (including phenoxy) is 2. The molecule has 3 nitrogen and oxygen atoms in total. The minimum atomic E-state index is 0.489. The van der Waals surface area contributed by atoms with E-state index in [1.165, 1.54) is 0 Å². The molecular formula is C22H21BrClNO2. The van der Waals surface area contributed by atoms with Gasteiger partial charge in [0.25, 0.3) is 0 Å². The SMILES string of the molecule is COc1cc(CNc2cc(Cl)ccc2C)ccc1OCc1ccc(Br)cc1. The first-order valence-electron chi connectivity index (χ1n) is 8.59. The van der Waals surface area contributed by atoms with E-state index in [9.17, 15) is 0 Å². The van der Waals surface area contributed by atoms with Crippen molar-refractivity contribution in [3.63, 3.8) is 0 Å². The molecule has 5 heteroatoms. The molecule has 0 heterocycles. The summed E-state index contributed by atoms with van der Waals surface area (Å²) in [5, 5.41) is 4.14. The summed E-state index contributed by atoms with van der Waals surface area (Å²) < 4.78 is 12.5. The molecule has 0 fully saturated rings. The number of anilines is 1. The van der Waals surface area contributed by atoms with Crippen LogP contribution in [-0.2, 0) is 13.2 Å². The van der Waals surface area contributed by atoms with Crippen molar-refractivity contribution in [2.24, 2.45) is 0 Å². The summed E-state index contributed by atoms with van der Waals surface area (Å²) in [5.41, 5.74) is 4.38. The topological polar surface area (TPSA) is 30.5 Å². The van der Waals surface area contributed by atoms with Crippen LogP contribution in [0.3, 0.4) is 0 Å². The second-order valence-corrected chi connectivity index (χ2v) is 7.57. The maximum Gasteiger partial charge on any atom is 0.161 e. The third-order valence-corrected chi connectivity index (χ3v) is 4.98. The lowest BCUT2D eigenvalue weighted by Gasteiger charge is -2.14. The summed E-state index contributed by atoms with van der Waals surface area (Å²) in [6.07, 6.45) is 0. The average Bonchev–Trinajstić information content (AvgIpc) is 2.68. The van der Waals surface area contributed by atoms with Gasteiger partial charge in [0.05, 0.1) is 7.11 Å². The van der Waals surface area contributed by atoms with Gasteiger partial charge in [-0.3, -0.25) is 0 Å². The Morgan fingerprint density at radius 3 is 2.41 bits per heavy atom. The molecule has 3 aromatic rings. The van der Waals surface area contributed by atoms with Crippen LogP contribution in [-0.4, -0.2) is 7.11 Å². The highest BCUT2D eigenvalue weighted by Gasteiger charge is 2.07. The van der Waals surface area contributed by atoms with E-state index < -0.39 is 0 Å². The molecule has 0 aliphatic rings. The molecule has 3 rings (SSSR count). The van der Waals surface area contributed by atoms with Gasteiger partial charge in [-0.25, -0.2) is 0 Å². The van der Waals surface area contributed by atoms with Gasteiger partial charge in [0, 0.05) is 21.7 Å². The Morgan fingerprint density at radius 1 is 0.926 bits per heavy atom. The van der Waals surface area contributed by atoms with E-state index >= 15 is 0 Å². The molecule has 0 radical (unpaired) electrons. The normalized spacial score (nSPS) is 10.5. The highest BCUT2D eigenvalue weighted by molar-refractivity contribution is 9.10. The van der Waals surface area contributed by atoms with Gasteiger partial charge in [-0.05, 0) is 60.0 Å². The molecular weight excluding hydrogens is 426 g/mol. The van der Waals surface area contributed by atoms with E-state index in [0.717, 1.165) is 37.6 Å². The van der Waals surface area contributed by atoms with Gasteiger partial charge in [0.1, 0.15) is 6.61 Å². The van der Waals surface area contributed by atoms with Gasteiger partial charge in [-0.15, -0.1) is 0 Å². The van der Waals surface area contributed by atoms with Crippen molar-refractivity contribution >= 4 is 33.2 Å². The van der Waals surface area contributed by atoms with Crippen molar-refractivity contribution in [2.75, 3.05) is 12.4 Å². The average molecular weight is 447 g/mol. The number of hydrogen-bond acceptors (Lipinski definition) is 3. The minimum absolute atomic E-state index is 0.489. The highest BCUT2D eigenvalue weighted by Crippen LogP contribution is 2.30. The first kappa shape index (κ1) is 19.6. The minimum Gasteiger partial charge on any atom is -0.493 e. The molecule has 3 aromatic carbocycles. The zero-order valence-electron chi connectivity index (χ0n) is 15.3.